The Hall–Kier alpha value is -1.67. The molecule has 0 spiro atoms. The molecule has 0 bridgehead atoms. The lowest BCUT2D eigenvalue weighted by molar-refractivity contribution is 0.00578. The van der Waals surface area contributed by atoms with Gasteiger partial charge in [-0.2, -0.15) is 5.10 Å². The summed E-state index contributed by atoms with van der Waals surface area (Å²) in [6.07, 6.45) is 3.04. The van der Waals surface area contributed by atoms with E-state index in [2.05, 4.69) is 15.1 Å². The maximum Gasteiger partial charge on any atom is 0.516 e. The van der Waals surface area contributed by atoms with Crippen molar-refractivity contribution in [1.29, 1.82) is 0 Å². The molecule has 1 aliphatic heterocycles. The van der Waals surface area contributed by atoms with Gasteiger partial charge in [0.2, 0.25) is 0 Å². The average molecular weight is 261 g/mol. The molecule has 1 fully saturated rings. The molecule has 0 amide bonds. The number of aromatic nitrogens is 4. The van der Waals surface area contributed by atoms with E-state index in [-0.39, 0.29) is 0 Å². The summed E-state index contributed by atoms with van der Waals surface area (Å²) in [5.74, 6) is 0.331. The summed E-state index contributed by atoms with van der Waals surface area (Å²) in [6, 6.07) is 0. The van der Waals surface area contributed by atoms with Gasteiger partial charge in [-0.1, -0.05) is 0 Å². The predicted octanol–water partition coefficient (Wildman–Crippen LogP) is 0.00570. The van der Waals surface area contributed by atoms with Crippen LogP contribution in [0.3, 0.4) is 0 Å². The molecular formula is C11H16BN5O2. The van der Waals surface area contributed by atoms with E-state index in [1.165, 1.54) is 6.33 Å². The molecule has 1 aliphatic rings. The first-order valence-electron chi connectivity index (χ1n) is 6.11. The Morgan fingerprint density at radius 3 is 2.42 bits per heavy atom. The monoisotopic (exact) mass is 261 g/mol. The van der Waals surface area contributed by atoms with Crippen LogP contribution in [0.1, 0.15) is 27.7 Å². The zero-order chi connectivity index (χ0) is 13.8. The smallest absolute Gasteiger partial charge is 0.398 e. The van der Waals surface area contributed by atoms with E-state index in [1.54, 1.807) is 10.7 Å². The quantitative estimate of drug-likeness (QED) is 0.727. The van der Waals surface area contributed by atoms with Crippen LogP contribution in [0.15, 0.2) is 12.5 Å². The summed E-state index contributed by atoms with van der Waals surface area (Å²) < 4.78 is 13.5. The first-order chi connectivity index (χ1) is 8.82. The van der Waals surface area contributed by atoms with Crippen molar-refractivity contribution in [1.82, 2.24) is 19.6 Å². The highest BCUT2D eigenvalue weighted by Crippen LogP contribution is 2.36. The molecule has 2 aromatic heterocycles. The normalized spacial score (nSPS) is 21.2. The van der Waals surface area contributed by atoms with Gasteiger partial charge in [0, 0.05) is 6.20 Å². The van der Waals surface area contributed by atoms with Gasteiger partial charge >= 0.3 is 7.12 Å². The van der Waals surface area contributed by atoms with Crippen LogP contribution < -0.4 is 11.3 Å². The summed E-state index contributed by atoms with van der Waals surface area (Å²) in [7, 11) is -0.519. The summed E-state index contributed by atoms with van der Waals surface area (Å²) in [4.78, 5) is 8.12. The second-order valence-corrected chi connectivity index (χ2v) is 5.65. The van der Waals surface area contributed by atoms with Crippen molar-refractivity contribution in [2.45, 2.75) is 38.9 Å². The molecule has 0 unspecified atom stereocenters. The van der Waals surface area contributed by atoms with Gasteiger partial charge in [0.05, 0.1) is 16.8 Å². The molecule has 0 radical (unpaired) electrons. The Morgan fingerprint density at radius 1 is 1.16 bits per heavy atom. The van der Waals surface area contributed by atoms with Crippen molar-refractivity contribution in [2.75, 3.05) is 5.73 Å². The molecule has 2 N–H and O–H groups in total. The maximum atomic E-state index is 5.97. The third kappa shape index (κ3) is 1.71. The average Bonchev–Trinajstić information content (AvgIpc) is 2.80. The van der Waals surface area contributed by atoms with Crippen molar-refractivity contribution < 1.29 is 9.31 Å². The highest BCUT2D eigenvalue weighted by Gasteiger charge is 2.53. The van der Waals surface area contributed by atoms with E-state index in [1.807, 2.05) is 27.7 Å². The van der Waals surface area contributed by atoms with Crippen molar-refractivity contribution in [3.63, 3.8) is 0 Å². The number of rotatable bonds is 1. The first-order valence-corrected chi connectivity index (χ1v) is 6.11. The number of imidazole rings is 1. The Kier molecular flexibility index (Phi) is 2.39. The standard InChI is InChI=1S/C11H16BN5O2/c1-10(2)11(3,4)19-12(18-10)7-5-14-9-8(13)15-6-16-17(7)9/h5-6H,1-4H3,(H2,13,15,16). The Morgan fingerprint density at radius 2 is 1.79 bits per heavy atom. The molecule has 2 aromatic rings. The number of hydrogen-bond donors (Lipinski definition) is 1. The second-order valence-electron chi connectivity index (χ2n) is 5.65. The molecular weight excluding hydrogens is 245 g/mol. The van der Waals surface area contributed by atoms with E-state index < -0.39 is 18.3 Å². The molecule has 8 heteroatoms. The largest absolute Gasteiger partial charge is 0.516 e. The van der Waals surface area contributed by atoms with Crippen LogP contribution in [0, 0.1) is 0 Å². The molecule has 0 saturated carbocycles. The molecule has 19 heavy (non-hydrogen) atoms. The predicted molar refractivity (Wildman–Crippen MR) is 70.9 cm³/mol. The Bertz CT molecular complexity index is 623. The fraction of sp³-hybridized carbons (Fsp3) is 0.545. The topological polar surface area (TPSA) is 87.6 Å². The van der Waals surface area contributed by atoms with Crippen LogP contribution in [-0.2, 0) is 9.31 Å². The zero-order valence-electron chi connectivity index (χ0n) is 11.4. The lowest BCUT2D eigenvalue weighted by atomic mass is 9.85. The van der Waals surface area contributed by atoms with Gasteiger partial charge in [0.25, 0.3) is 0 Å². The Balaban J connectivity index is 2.06. The fourth-order valence-electron chi connectivity index (χ4n) is 1.98. The van der Waals surface area contributed by atoms with Crippen LogP contribution in [0.2, 0.25) is 0 Å². The van der Waals surface area contributed by atoms with Crippen molar-refractivity contribution in [3.05, 3.63) is 12.5 Å². The van der Waals surface area contributed by atoms with Crippen LogP contribution in [-0.4, -0.2) is 37.9 Å². The van der Waals surface area contributed by atoms with Crippen molar-refractivity contribution >= 4 is 24.2 Å². The molecule has 7 nitrogen and oxygen atoms in total. The van der Waals surface area contributed by atoms with Crippen LogP contribution in [0.25, 0.3) is 5.65 Å². The van der Waals surface area contributed by atoms with E-state index in [0.29, 0.717) is 17.1 Å². The minimum Gasteiger partial charge on any atom is -0.398 e. The molecule has 0 atom stereocenters. The van der Waals surface area contributed by atoms with Crippen molar-refractivity contribution in [3.8, 4) is 0 Å². The first kappa shape index (κ1) is 12.4. The van der Waals surface area contributed by atoms with Gasteiger partial charge in [-0.3, -0.25) is 0 Å². The summed E-state index contributed by atoms with van der Waals surface area (Å²) in [5, 5.41) is 4.15. The van der Waals surface area contributed by atoms with E-state index in [9.17, 15) is 0 Å². The van der Waals surface area contributed by atoms with Crippen LogP contribution in [0.4, 0.5) is 5.82 Å². The molecule has 0 aliphatic carbocycles. The van der Waals surface area contributed by atoms with Crippen LogP contribution >= 0.6 is 0 Å². The van der Waals surface area contributed by atoms with Gasteiger partial charge in [0.15, 0.2) is 11.5 Å². The third-order valence-corrected chi connectivity index (χ3v) is 3.85. The summed E-state index contributed by atoms with van der Waals surface area (Å²) in [5.41, 5.74) is 6.17. The zero-order valence-corrected chi connectivity index (χ0v) is 11.4. The van der Waals surface area contributed by atoms with Gasteiger partial charge in [0.1, 0.15) is 6.33 Å². The lowest BCUT2D eigenvalue weighted by Crippen LogP contribution is -2.41. The number of nitrogens with zero attached hydrogens (tertiary/aromatic N) is 4. The number of nitrogen functional groups attached to an aromatic ring is 1. The summed E-state index contributed by atoms with van der Waals surface area (Å²) >= 11 is 0. The summed E-state index contributed by atoms with van der Waals surface area (Å²) in [6.45, 7) is 8.00. The highest BCUT2D eigenvalue weighted by molar-refractivity contribution is 6.61. The number of fused-ring (bicyclic) bond motifs is 1. The molecule has 3 heterocycles. The second kappa shape index (κ2) is 3.67. The number of anilines is 1. The maximum absolute atomic E-state index is 5.97. The minimum absolute atomic E-state index is 0.331. The van der Waals surface area contributed by atoms with Crippen LogP contribution in [0.5, 0.6) is 0 Å². The molecule has 0 aromatic carbocycles. The Labute approximate surface area is 111 Å². The molecule has 3 rings (SSSR count). The van der Waals surface area contributed by atoms with Gasteiger partial charge in [-0.05, 0) is 27.7 Å². The molecule has 100 valence electrons. The van der Waals surface area contributed by atoms with E-state index >= 15 is 0 Å². The fourth-order valence-corrected chi connectivity index (χ4v) is 1.98. The number of hydrogen-bond acceptors (Lipinski definition) is 6. The molecule has 1 saturated heterocycles. The van der Waals surface area contributed by atoms with Crippen molar-refractivity contribution in [2.24, 2.45) is 0 Å². The third-order valence-electron chi connectivity index (χ3n) is 3.85. The highest BCUT2D eigenvalue weighted by atomic mass is 16.7. The number of nitrogens with two attached hydrogens (primary N) is 1. The van der Waals surface area contributed by atoms with E-state index in [4.69, 9.17) is 15.0 Å². The SMILES string of the molecule is CC1(C)OB(c2cnc3c(N)ncnn23)OC1(C)C. The van der Waals surface area contributed by atoms with Gasteiger partial charge in [-0.25, -0.2) is 14.5 Å². The van der Waals surface area contributed by atoms with Gasteiger partial charge < -0.3 is 15.0 Å². The van der Waals surface area contributed by atoms with E-state index in [0.717, 1.165) is 0 Å². The van der Waals surface area contributed by atoms with Gasteiger partial charge in [-0.15, -0.1) is 0 Å². The minimum atomic E-state index is -0.519. The lowest BCUT2D eigenvalue weighted by Gasteiger charge is -2.32.